The van der Waals surface area contributed by atoms with Crippen molar-refractivity contribution in [3.8, 4) is 0 Å². The van der Waals surface area contributed by atoms with Crippen LogP contribution >= 0.6 is 0 Å². The summed E-state index contributed by atoms with van der Waals surface area (Å²) in [6, 6.07) is -0.746. The Hall–Kier alpha value is -1.14. The van der Waals surface area contributed by atoms with Gasteiger partial charge >= 0.3 is 6.09 Å². The molecule has 0 aliphatic rings. The minimum atomic E-state index is -0.746. The first kappa shape index (κ1) is 17.9. The molecule has 0 aromatic rings. The van der Waals surface area contributed by atoms with E-state index < -0.39 is 23.7 Å². The second-order valence-corrected chi connectivity index (χ2v) is 5.30. The molecule has 2 atom stereocenters. The molecule has 0 rings (SSSR count). The van der Waals surface area contributed by atoms with Crippen LogP contribution in [0.5, 0.6) is 0 Å². The maximum absolute atomic E-state index is 12.3. The third-order valence-corrected chi connectivity index (χ3v) is 2.62. The van der Waals surface area contributed by atoms with Crippen molar-refractivity contribution in [3.63, 3.8) is 0 Å². The Morgan fingerprint density at radius 1 is 1.16 bits per heavy atom. The molecule has 0 heterocycles. The first-order chi connectivity index (χ1) is 8.73. The molecular weight excluding hydrogens is 250 g/mol. The quantitative estimate of drug-likeness (QED) is 0.710. The lowest BCUT2D eigenvalue weighted by Gasteiger charge is -2.29. The zero-order valence-electron chi connectivity index (χ0n) is 12.6. The standard InChI is InChI=1S/C13H25NO5/c1-9(19-8-7-17-5)10(14-12(16)18-6)11(15)13(2,3)4/h9-10H,7-8H2,1-6H3,(H,14,16)/t9-,10+/m1/s1. The highest BCUT2D eigenvalue weighted by molar-refractivity contribution is 5.91. The molecule has 0 unspecified atom stereocenters. The van der Waals surface area contributed by atoms with Gasteiger partial charge in [0, 0.05) is 12.5 Å². The van der Waals surface area contributed by atoms with Crippen LogP contribution in [0, 0.1) is 5.41 Å². The van der Waals surface area contributed by atoms with E-state index >= 15 is 0 Å². The first-order valence-electron chi connectivity index (χ1n) is 6.23. The Labute approximate surface area is 114 Å². The Morgan fingerprint density at radius 3 is 2.16 bits per heavy atom. The SMILES string of the molecule is COCCO[C@H](C)[C@H](NC(=O)OC)C(=O)C(C)(C)C. The van der Waals surface area contributed by atoms with E-state index in [0.29, 0.717) is 13.2 Å². The minimum Gasteiger partial charge on any atom is -0.453 e. The molecule has 0 aromatic heterocycles. The molecule has 0 radical (unpaired) electrons. The molecule has 0 saturated carbocycles. The van der Waals surface area contributed by atoms with Crippen LogP contribution in [-0.2, 0) is 19.0 Å². The van der Waals surface area contributed by atoms with Crippen LogP contribution in [0.4, 0.5) is 4.79 Å². The van der Waals surface area contributed by atoms with Gasteiger partial charge in [0.2, 0.25) is 0 Å². The number of ether oxygens (including phenoxy) is 3. The third-order valence-electron chi connectivity index (χ3n) is 2.62. The van der Waals surface area contributed by atoms with E-state index in [9.17, 15) is 9.59 Å². The average Bonchev–Trinajstić information content (AvgIpc) is 2.33. The average molecular weight is 275 g/mol. The van der Waals surface area contributed by atoms with Crippen LogP contribution in [0.3, 0.4) is 0 Å². The van der Waals surface area contributed by atoms with E-state index in [4.69, 9.17) is 9.47 Å². The fraction of sp³-hybridized carbons (Fsp3) is 0.846. The van der Waals surface area contributed by atoms with E-state index in [2.05, 4.69) is 10.1 Å². The number of rotatable bonds is 7. The molecule has 19 heavy (non-hydrogen) atoms. The first-order valence-corrected chi connectivity index (χ1v) is 6.23. The van der Waals surface area contributed by atoms with Crippen LogP contribution in [0.15, 0.2) is 0 Å². The summed E-state index contributed by atoms with van der Waals surface area (Å²) < 4.78 is 14.9. The number of carbonyl (C=O) groups is 2. The number of Topliss-reactive ketones (excluding diaryl/α,β-unsaturated/α-hetero) is 1. The van der Waals surface area contributed by atoms with Crippen LogP contribution in [0.2, 0.25) is 0 Å². The topological polar surface area (TPSA) is 73.9 Å². The van der Waals surface area contributed by atoms with Crippen molar-refractivity contribution in [3.05, 3.63) is 0 Å². The second-order valence-electron chi connectivity index (χ2n) is 5.30. The smallest absolute Gasteiger partial charge is 0.407 e. The summed E-state index contributed by atoms with van der Waals surface area (Å²) in [7, 11) is 2.82. The van der Waals surface area contributed by atoms with Gasteiger partial charge in [-0.05, 0) is 6.92 Å². The van der Waals surface area contributed by atoms with E-state index in [0.717, 1.165) is 0 Å². The van der Waals surface area contributed by atoms with Gasteiger partial charge in [0.05, 0.1) is 26.4 Å². The molecule has 0 aliphatic carbocycles. The predicted molar refractivity (Wildman–Crippen MR) is 71.1 cm³/mol. The Bertz CT molecular complexity index is 298. The van der Waals surface area contributed by atoms with Gasteiger partial charge in [0.1, 0.15) is 6.04 Å². The Morgan fingerprint density at radius 2 is 1.74 bits per heavy atom. The fourth-order valence-electron chi connectivity index (χ4n) is 1.46. The fourth-order valence-corrected chi connectivity index (χ4v) is 1.46. The maximum atomic E-state index is 12.3. The lowest BCUT2D eigenvalue weighted by molar-refractivity contribution is -0.132. The predicted octanol–water partition coefficient (Wildman–Crippen LogP) is 1.38. The van der Waals surface area contributed by atoms with Crippen molar-refractivity contribution in [1.29, 1.82) is 0 Å². The van der Waals surface area contributed by atoms with Crippen LogP contribution in [0.25, 0.3) is 0 Å². The number of methoxy groups -OCH3 is 2. The molecule has 6 heteroatoms. The molecule has 1 amide bonds. The van der Waals surface area contributed by atoms with E-state index in [-0.39, 0.29) is 5.78 Å². The number of ketones is 1. The molecule has 0 saturated heterocycles. The highest BCUT2D eigenvalue weighted by Gasteiger charge is 2.35. The largest absolute Gasteiger partial charge is 0.453 e. The van der Waals surface area contributed by atoms with E-state index in [1.807, 2.05) is 0 Å². The van der Waals surface area contributed by atoms with Gasteiger partial charge in [-0.2, -0.15) is 0 Å². The zero-order chi connectivity index (χ0) is 15.1. The van der Waals surface area contributed by atoms with Crippen molar-refractivity contribution < 1.29 is 23.8 Å². The highest BCUT2D eigenvalue weighted by Crippen LogP contribution is 2.19. The van der Waals surface area contributed by atoms with Gasteiger partial charge in [-0.1, -0.05) is 20.8 Å². The number of hydrogen-bond acceptors (Lipinski definition) is 5. The molecule has 0 aromatic carbocycles. The number of amides is 1. The third kappa shape index (κ3) is 6.54. The van der Waals surface area contributed by atoms with Crippen molar-refractivity contribution in [2.24, 2.45) is 5.41 Å². The number of alkyl carbamates (subject to hydrolysis) is 1. The zero-order valence-corrected chi connectivity index (χ0v) is 12.6. The highest BCUT2D eigenvalue weighted by atomic mass is 16.5. The summed E-state index contributed by atoms with van der Waals surface area (Å²) in [5.41, 5.74) is -0.579. The lowest BCUT2D eigenvalue weighted by atomic mass is 9.85. The summed E-state index contributed by atoms with van der Waals surface area (Å²) in [6.45, 7) is 7.91. The number of carbonyl (C=O) groups excluding carboxylic acids is 2. The van der Waals surface area contributed by atoms with Gasteiger partial charge in [-0.15, -0.1) is 0 Å². The molecule has 0 fully saturated rings. The van der Waals surface area contributed by atoms with Crippen molar-refractivity contribution in [2.45, 2.75) is 39.8 Å². The molecule has 112 valence electrons. The molecule has 1 N–H and O–H groups in total. The summed E-state index contributed by atoms with van der Waals surface area (Å²) in [5, 5.41) is 2.52. The number of nitrogens with one attached hydrogen (secondary N) is 1. The summed E-state index contributed by atoms with van der Waals surface area (Å²) in [6.07, 6.45) is -1.11. The van der Waals surface area contributed by atoms with Gasteiger partial charge < -0.3 is 19.5 Å². The monoisotopic (exact) mass is 275 g/mol. The summed E-state index contributed by atoms with van der Waals surface area (Å²) in [4.78, 5) is 23.6. The van der Waals surface area contributed by atoms with Gasteiger partial charge in [0.15, 0.2) is 5.78 Å². The van der Waals surface area contributed by atoms with Crippen molar-refractivity contribution in [2.75, 3.05) is 27.4 Å². The molecule has 0 aliphatic heterocycles. The second kappa shape index (κ2) is 8.12. The van der Waals surface area contributed by atoms with Crippen molar-refractivity contribution in [1.82, 2.24) is 5.32 Å². The van der Waals surface area contributed by atoms with Crippen molar-refractivity contribution >= 4 is 11.9 Å². The van der Waals surface area contributed by atoms with Crippen LogP contribution in [0.1, 0.15) is 27.7 Å². The van der Waals surface area contributed by atoms with Gasteiger partial charge in [-0.3, -0.25) is 4.79 Å². The van der Waals surface area contributed by atoms with Gasteiger partial charge in [0.25, 0.3) is 0 Å². The summed E-state index contributed by atoms with van der Waals surface area (Å²) in [5.74, 6) is -0.109. The van der Waals surface area contributed by atoms with E-state index in [1.54, 1.807) is 34.8 Å². The van der Waals surface area contributed by atoms with Crippen LogP contribution in [-0.4, -0.2) is 51.5 Å². The lowest BCUT2D eigenvalue weighted by Crippen LogP contribution is -2.52. The minimum absolute atomic E-state index is 0.109. The summed E-state index contributed by atoms with van der Waals surface area (Å²) >= 11 is 0. The Kier molecular flexibility index (Phi) is 7.63. The molecular formula is C13H25NO5. The van der Waals surface area contributed by atoms with E-state index in [1.165, 1.54) is 7.11 Å². The Balaban J connectivity index is 4.75. The molecule has 0 bridgehead atoms. The maximum Gasteiger partial charge on any atom is 0.407 e. The normalized spacial score (nSPS) is 14.6. The number of hydrogen-bond donors (Lipinski definition) is 1. The van der Waals surface area contributed by atoms with Gasteiger partial charge in [-0.25, -0.2) is 4.79 Å². The molecule has 6 nitrogen and oxygen atoms in total. The van der Waals surface area contributed by atoms with Crippen LogP contribution < -0.4 is 5.32 Å². The molecule has 0 spiro atoms.